The summed E-state index contributed by atoms with van der Waals surface area (Å²) < 4.78 is 5.65. The largest absolute Gasteiger partial charge is 0.491 e. The van der Waals surface area contributed by atoms with E-state index in [0.717, 1.165) is 11.3 Å². The van der Waals surface area contributed by atoms with E-state index < -0.39 is 0 Å². The fourth-order valence-corrected chi connectivity index (χ4v) is 1.65. The first-order chi connectivity index (χ1) is 9.35. The van der Waals surface area contributed by atoms with Gasteiger partial charge in [-0.2, -0.15) is 0 Å². The van der Waals surface area contributed by atoms with Gasteiger partial charge in [0.05, 0.1) is 18.8 Å². The van der Waals surface area contributed by atoms with E-state index in [0.29, 0.717) is 5.69 Å². The summed E-state index contributed by atoms with van der Waals surface area (Å²) in [6.07, 6.45) is 0.116. The second kappa shape index (κ2) is 7.14. The Balaban J connectivity index is 2.74. The number of benzene rings is 1. The normalized spacial score (nSPS) is 12.2. The van der Waals surface area contributed by atoms with E-state index in [4.69, 9.17) is 9.84 Å². The Morgan fingerprint density at radius 3 is 2.55 bits per heavy atom. The van der Waals surface area contributed by atoms with Gasteiger partial charge in [0.1, 0.15) is 5.75 Å². The number of likely N-dealkylation sites (N-methyl/N-ethyl adjacent to an activating group) is 1. The van der Waals surface area contributed by atoms with Crippen LogP contribution < -0.4 is 10.1 Å². The Labute approximate surface area is 120 Å². The number of rotatable bonds is 5. The van der Waals surface area contributed by atoms with Crippen LogP contribution in [0.3, 0.4) is 0 Å². The quantitative estimate of drug-likeness (QED) is 0.871. The maximum Gasteiger partial charge on any atom is 0.321 e. The number of nitrogens with one attached hydrogen (secondary N) is 1. The third-order valence-electron chi connectivity index (χ3n) is 3.03. The van der Waals surface area contributed by atoms with Crippen LogP contribution in [0.4, 0.5) is 10.5 Å². The van der Waals surface area contributed by atoms with Gasteiger partial charge < -0.3 is 20.1 Å². The van der Waals surface area contributed by atoms with Crippen LogP contribution >= 0.6 is 0 Å². The summed E-state index contributed by atoms with van der Waals surface area (Å²) in [6.45, 7) is 7.60. The Hall–Kier alpha value is -1.75. The third kappa shape index (κ3) is 4.42. The number of hydrogen-bond donors (Lipinski definition) is 2. The maximum absolute atomic E-state index is 12.0. The van der Waals surface area contributed by atoms with E-state index >= 15 is 0 Å². The molecule has 0 aliphatic rings. The third-order valence-corrected chi connectivity index (χ3v) is 3.03. The van der Waals surface area contributed by atoms with E-state index in [1.165, 1.54) is 4.90 Å². The highest BCUT2D eigenvalue weighted by Gasteiger charge is 2.15. The van der Waals surface area contributed by atoms with Crippen LogP contribution in [0.15, 0.2) is 18.2 Å². The minimum Gasteiger partial charge on any atom is -0.491 e. The van der Waals surface area contributed by atoms with Gasteiger partial charge >= 0.3 is 6.03 Å². The zero-order chi connectivity index (χ0) is 15.3. The van der Waals surface area contributed by atoms with E-state index in [2.05, 4.69) is 5.32 Å². The highest BCUT2D eigenvalue weighted by atomic mass is 16.5. The van der Waals surface area contributed by atoms with Crippen molar-refractivity contribution in [2.24, 2.45) is 0 Å². The number of aliphatic hydroxyl groups is 1. The first-order valence-electron chi connectivity index (χ1n) is 6.77. The number of nitrogens with zero attached hydrogens (tertiary/aromatic N) is 1. The van der Waals surface area contributed by atoms with Crippen LogP contribution in [0.5, 0.6) is 5.75 Å². The van der Waals surface area contributed by atoms with Crippen LogP contribution in [0.25, 0.3) is 0 Å². The van der Waals surface area contributed by atoms with Gasteiger partial charge in [-0.1, -0.05) is 0 Å². The molecule has 0 radical (unpaired) electrons. The topological polar surface area (TPSA) is 61.8 Å². The lowest BCUT2D eigenvalue weighted by atomic mass is 10.2. The van der Waals surface area contributed by atoms with Gasteiger partial charge in [0, 0.05) is 12.7 Å². The van der Waals surface area contributed by atoms with E-state index in [1.54, 1.807) is 20.0 Å². The predicted molar refractivity (Wildman–Crippen MR) is 80.3 cm³/mol. The lowest BCUT2D eigenvalue weighted by molar-refractivity contribution is 0.166. The Morgan fingerprint density at radius 2 is 2.05 bits per heavy atom. The Bertz CT molecular complexity index is 460. The molecule has 5 heteroatoms. The number of amides is 2. The lowest BCUT2D eigenvalue weighted by Gasteiger charge is -2.23. The van der Waals surface area contributed by atoms with Crippen LogP contribution in [0.2, 0.25) is 0 Å². The van der Waals surface area contributed by atoms with Crippen molar-refractivity contribution in [2.75, 3.05) is 19.0 Å². The first-order valence-corrected chi connectivity index (χ1v) is 6.77. The SMILES string of the molecule is Cc1cc(NC(=O)N(C)C(C)CO)ccc1OC(C)C. The van der Waals surface area contributed by atoms with Crippen molar-refractivity contribution < 1.29 is 14.6 Å². The van der Waals surface area contributed by atoms with Gasteiger partial charge in [0.2, 0.25) is 0 Å². The highest BCUT2D eigenvalue weighted by molar-refractivity contribution is 5.89. The summed E-state index contributed by atoms with van der Waals surface area (Å²) >= 11 is 0. The lowest BCUT2D eigenvalue weighted by Crippen LogP contribution is -2.40. The molecule has 1 unspecified atom stereocenters. The van der Waals surface area contributed by atoms with Gasteiger partial charge in [-0.25, -0.2) is 4.79 Å². The fourth-order valence-electron chi connectivity index (χ4n) is 1.65. The van der Waals surface area contributed by atoms with Gasteiger partial charge in [-0.15, -0.1) is 0 Å². The molecule has 0 heterocycles. The number of carbonyl (C=O) groups excluding carboxylic acids is 1. The second-order valence-corrected chi connectivity index (χ2v) is 5.22. The average Bonchev–Trinajstić information content (AvgIpc) is 2.39. The Morgan fingerprint density at radius 1 is 1.40 bits per heavy atom. The van der Waals surface area contributed by atoms with Crippen LogP contribution in [0.1, 0.15) is 26.3 Å². The highest BCUT2D eigenvalue weighted by Crippen LogP contribution is 2.23. The minimum absolute atomic E-state index is 0.0654. The van der Waals surface area contributed by atoms with Crippen LogP contribution in [-0.4, -0.2) is 41.8 Å². The number of carbonyl (C=O) groups is 1. The van der Waals surface area contributed by atoms with Crippen LogP contribution in [0, 0.1) is 6.92 Å². The zero-order valence-corrected chi connectivity index (χ0v) is 12.8. The molecular formula is C15H24N2O3. The molecule has 5 nitrogen and oxygen atoms in total. The molecule has 1 atom stereocenters. The molecule has 1 rings (SSSR count). The van der Waals surface area contributed by atoms with Gasteiger partial charge in [0.25, 0.3) is 0 Å². The number of aliphatic hydroxyl groups excluding tert-OH is 1. The molecule has 0 spiro atoms. The molecule has 112 valence electrons. The number of urea groups is 1. The summed E-state index contributed by atoms with van der Waals surface area (Å²) in [6, 6.07) is 5.05. The zero-order valence-electron chi connectivity index (χ0n) is 12.8. The van der Waals surface area contributed by atoms with Crippen LogP contribution in [-0.2, 0) is 0 Å². The molecule has 0 fully saturated rings. The summed E-state index contributed by atoms with van der Waals surface area (Å²) in [4.78, 5) is 13.4. The molecule has 1 aromatic carbocycles. The average molecular weight is 280 g/mol. The van der Waals surface area contributed by atoms with Gasteiger partial charge in [0.15, 0.2) is 0 Å². The maximum atomic E-state index is 12.0. The molecule has 1 aromatic rings. The van der Waals surface area contributed by atoms with Gasteiger partial charge in [-0.05, 0) is 51.5 Å². The summed E-state index contributed by atoms with van der Waals surface area (Å²) in [5.41, 5.74) is 1.68. The minimum atomic E-state index is -0.247. The van der Waals surface area contributed by atoms with E-state index in [9.17, 15) is 4.79 Å². The molecule has 0 aliphatic heterocycles. The number of anilines is 1. The summed E-state index contributed by atoms with van der Waals surface area (Å²) in [5.74, 6) is 0.815. The summed E-state index contributed by atoms with van der Waals surface area (Å²) in [7, 11) is 1.65. The molecule has 0 aromatic heterocycles. The van der Waals surface area contributed by atoms with Crippen molar-refractivity contribution >= 4 is 11.7 Å². The fraction of sp³-hybridized carbons (Fsp3) is 0.533. The van der Waals surface area contributed by atoms with Crippen molar-refractivity contribution in [2.45, 2.75) is 39.8 Å². The molecule has 0 aliphatic carbocycles. The molecule has 0 saturated heterocycles. The van der Waals surface area contributed by atoms with Gasteiger partial charge in [-0.3, -0.25) is 0 Å². The predicted octanol–water partition coefficient (Wildman–Crippen LogP) is 2.63. The Kier molecular flexibility index (Phi) is 5.82. The van der Waals surface area contributed by atoms with E-state index in [-0.39, 0.29) is 24.8 Å². The van der Waals surface area contributed by atoms with E-state index in [1.807, 2.05) is 32.9 Å². The molecule has 0 bridgehead atoms. The standard InChI is InChI=1S/C15H24N2O3/c1-10(2)20-14-7-6-13(8-11(14)3)16-15(19)17(5)12(4)9-18/h6-8,10,12,18H,9H2,1-5H3,(H,16,19). The number of ether oxygens (including phenoxy) is 1. The van der Waals surface area contributed by atoms with Crippen molar-refractivity contribution in [3.8, 4) is 5.75 Å². The summed E-state index contributed by atoms with van der Waals surface area (Å²) in [5, 5.41) is 11.8. The molecule has 20 heavy (non-hydrogen) atoms. The van der Waals surface area contributed by atoms with Crippen molar-refractivity contribution in [1.29, 1.82) is 0 Å². The second-order valence-electron chi connectivity index (χ2n) is 5.22. The molecular weight excluding hydrogens is 256 g/mol. The molecule has 2 N–H and O–H groups in total. The monoisotopic (exact) mass is 280 g/mol. The smallest absolute Gasteiger partial charge is 0.321 e. The number of hydrogen-bond acceptors (Lipinski definition) is 3. The first kappa shape index (κ1) is 16.3. The van der Waals surface area contributed by atoms with Crippen molar-refractivity contribution in [1.82, 2.24) is 4.90 Å². The number of aryl methyl sites for hydroxylation is 1. The van der Waals surface area contributed by atoms with Crippen molar-refractivity contribution in [3.05, 3.63) is 23.8 Å². The molecule has 0 saturated carbocycles. The van der Waals surface area contributed by atoms with Crippen molar-refractivity contribution in [3.63, 3.8) is 0 Å². The molecule has 2 amide bonds.